The molecule has 90 valence electrons. The molecule has 0 bridgehead atoms. The van der Waals surface area contributed by atoms with E-state index in [4.69, 9.17) is 4.74 Å². The van der Waals surface area contributed by atoms with Crippen LogP contribution in [0.5, 0.6) is 0 Å². The lowest BCUT2D eigenvalue weighted by atomic mass is 10.1. The summed E-state index contributed by atoms with van der Waals surface area (Å²) >= 11 is 0. The molecule has 4 nitrogen and oxygen atoms in total. The van der Waals surface area contributed by atoms with Crippen LogP contribution in [-0.2, 0) is 9.53 Å². The van der Waals surface area contributed by atoms with Crippen LogP contribution in [0.1, 0.15) is 34.1 Å². The number of ether oxygens (including phenoxy) is 1. The van der Waals surface area contributed by atoms with Gasteiger partial charge in [0.2, 0.25) is 5.91 Å². The molecule has 4 heteroatoms. The number of nitrogens with one attached hydrogen (secondary N) is 2. The van der Waals surface area contributed by atoms with Crippen molar-refractivity contribution in [2.24, 2.45) is 0 Å². The van der Waals surface area contributed by atoms with E-state index in [0.29, 0.717) is 13.1 Å². The van der Waals surface area contributed by atoms with Gasteiger partial charge in [0.05, 0.1) is 12.1 Å². The number of amides is 1. The van der Waals surface area contributed by atoms with Gasteiger partial charge in [-0.15, -0.1) is 0 Å². The summed E-state index contributed by atoms with van der Waals surface area (Å²) in [4.78, 5) is 11.4. The van der Waals surface area contributed by atoms with E-state index in [1.54, 1.807) is 7.11 Å². The van der Waals surface area contributed by atoms with Crippen molar-refractivity contribution >= 4 is 5.91 Å². The van der Waals surface area contributed by atoms with Crippen LogP contribution in [0.2, 0.25) is 0 Å². The Bertz CT molecular complexity index is 193. The minimum absolute atomic E-state index is 0.0382. The molecule has 0 aromatic heterocycles. The third-order valence-electron chi connectivity index (χ3n) is 2.41. The van der Waals surface area contributed by atoms with Crippen LogP contribution in [-0.4, -0.2) is 37.7 Å². The molecule has 0 rings (SSSR count). The molecule has 1 unspecified atom stereocenters. The van der Waals surface area contributed by atoms with Crippen LogP contribution in [0.4, 0.5) is 0 Å². The zero-order valence-electron chi connectivity index (χ0n) is 10.5. The summed E-state index contributed by atoms with van der Waals surface area (Å²) in [5.41, 5.74) is -0.226. The highest BCUT2D eigenvalue weighted by molar-refractivity contribution is 5.78. The van der Waals surface area contributed by atoms with E-state index in [1.807, 2.05) is 27.7 Å². The fourth-order valence-corrected chi connectivity index (χ4v) is 0.977. The fraction of sp³-hybridized carbons (Fsp3) is 0.909. The first-order chi connectivity index (χ1) is 6.91. The van der Waals surface area contributed by atoms with Gasteiger partial charge >= 0.3 is 0 Å². The van der Waals surface area contributed by atoms with Gasteiger partial charge in [0.25, 0.3) is 0 Å². The molecule has 1 amide bonds. The Labute approximate surface area is 92.8 Å². The second-order valence-corrected chi connectivity index (χ2v) is 4.44. The van der Waals surface area contributed by atoms with E-state index >= 15 is 0 Å². The van der Waals surface area contributed by atoms with Crippen molar-refractivity contribution < 1.29 is 9.53 Å². The van der Waals surface area contributed by atoms with E-state index in [9.17, 15) is 4.79 Å². The number of carbonyl (C=O) groups is 1. The first-order valence-electron chi connectivity index (χ1n) is 5.46. The van der Waals surface area contributed by atoms with Crippen LogP contribution in [0.15, 0.2) is 0 Å². The van der Waals surface area contributed by atoms with Crippen LogP contribution >= 0.6 is 0 Å². The van der Waals surface area contributed by atoms with Gasteiger partial charge in [-0.25, -0.2) is 0 Å². The molecule has 0 radical (unpaired) electrons. The van der Waals surface area contributed by atoms with Crippen molar-refractivity contribution in [1.82, 2.24) is 10.6 Å². The molecule has 0 aliphatic heterocycles. The predicted octanol–water partition coefficient (Wildman–Crippen LogP) is 0.916. The van der Waals surface area contributed by atoms with Gasteiger partial charge in [-0.1, -0.05) is 6.92 Å². The standard InChI is InChI=1S/C11H24N2O2/c1-6-9(2)13-10(14)7-12-8-11(3,4)15-5/h9,12H,6-8H2,1-5H3,(H,13,14). The van der Waals surface area contributed by atoms with Crippen molar-refractivity contribution in [2.75, 3.05) is 20.2 Å². The average molecular weight is 216 g/mol. The van der Waals surface area contributed by atoms with Gasteiger partial charge in [-0.05, 0) is 27.2 Å². The third kappa shape index (κ3) is 7.33. The molecule has 0 aliphatic rings. The van der Waals surface area contributed by atoms with Crippen LogP contribution in [0, 0.1) is 0 Å². The Morgan fingerprint density at radius 3 is 2.53 bits per heavy atom. The normalized spacial score (nSPS) is 13.7. The molecule has 0 heterocycles. The summed E-state index contributed by atoms with van der Waals surface area (Å²) in [5.74, 6) is 0.0382. The lowest BCUT2D eigenvalue weighted by molar-refractivity contribution is -0.121. The lowest BCUT2D eigenvalue weighted by Crippen LogP contribution is -2.43. The quantitative estimate of drug-likeness (QED) is 0.665. The van der Waals surface area contributed by atoms with E-state index in [1.165, 1.54) is 0 Å². The fourth-order valence-electron chi connectivity index (χ4n) is 0.977. The highest BCUT2D eigenvalue weighted by atomic mass is 16.5. The van der Waals surface area contributed by atoms with E-state index < -0.39 is 0 Å². The van der Waals surface area contributed by atoms with Gasteiger partial charge in [0, 0.05) is 19.7 Å². The zero-order chi connectivity index (χ0) is 11.9. The summed E-state index contributed by atoms with van der Waals surface area (Å²) in [5, 5.41) is 5.96. The molecule has 0 aromatic rings. The van der Waals surface area contributed by atoms with Gasteiger partial charge in [-0.3, -0.25) is 4.79 Å². The number of methoxy groups -OCH3 is 1. The number of hydrogen-bond acceptors (Lipinski definition) is 3. The summed E-state index contributed by atoms with van der Waals surface area (Å²) in [6.45, 7) is 9.01. The molecular weight excluding hydrogens is 192 g/mol. The van der Waals surface area contributed by atoms with Crippen LogP contribution < -0.4 is 10.6 Å². The number of rotatable bonds is 7. The summed E-state index contributed by atoms with van der Waals surface area (Å²) in [7, 11) is 1.67. The third-order valence-corrected chi connectivity index (χ3v) is 2.41. The van der Waals surface area contributed by atoms with Crippen molar-refractivity contribution in [3.63, 3.8) is 0 Å². The molecule has 0 spiro atoms. The largest absolute Gasteiger partial charge is 0.377 e. The Morgan fingerprint density at radius 1 is 1.47 bits per heavy atom. The monoisotopic (exact) mass is 216 g/mol. The van der Waals surface area contributed by atoms with E-state index in [2.05, 4.69) is 10.6 Å². The molecular formula is C11H24N2O2. The molecule has 2 N–H and O–H groups in total. The summed E-state index contributed by atoms with van der Waals surface area (Å²) in [6, 6.07) is 0.245. The first-order valence-corrected chi connectivity index (χ1v) is 5.46. The van der Waals surface area contributed by atoms with Gasteiger partial charge in [0.15, 0.2) is 0 Å². The summed E-state index contributed by atoms with van der Waals surface area (Å²) in [6.07, 6.45) is 0.954. The molecule has 0 aromatic carbocycles. The Kier molecular flexibility index (Phi) is 6.52. The Morgan fingerprint density at radius 2 is 2.07 bits per heavy atom. The molecule has 0 saturated carbocycles. The molecule has 1 atom stereocenters. The average Bonchev–Trinajstić information content (AvgIpc) is 2.17. The molecule has 0 saturated heterocycles. The smallest absolute Gasteiger partial charge is 0.234 e. The van der Waals surface area contributed by atoms with Gasteiger partial charge in [-0.2, -0.15) is 0 Å². The van der Waals surface area contributed by atoms with Crippen LogP contribution in [0.3, 0.4) is 0 Å². The highest BCUT2D eigenvalue weighted by Gasteiger charge is 2.16. The van der Waals surface area contributed by atoms with Gasteiger partial charge in [0.1, 0.15) is 0 Å². The second kappa shape index (κ2) is 6.80. The first kappa shape index (κ1) is 14.4. The minimum atomic E-state index is -0.226. The Balaban J connectivity index is 3.64. The van der Waals surface area contributed by atoms with Crippen LogP contribution in [0.25, 0.3) is 0 Å². The van der Waals surface area contributed by atoms with Gasteiger partial charge < -0.3 is 15.4 Å². The number of carbonyl (C=O) groups excluding carboxylic acids is 1. The molecule has 15 heavy (non-hydrogen) atoms. The zero-order valence-corrected chi connectivity index (χ0v) is 10.5. The van der Waals surface area contributed by atoms with E-state index in [0.717, 1.165) is 6.42 Å². The summed E-state index contributed by atoms with van der Waals surface area (Å²) < 4.78 is 5.23. The molecule has 0 aliphatic carbocycles. The Hall–Kier alpha value is -0.610. The highest BCUT2D eigenvalue weighted by Crippen LogP contribution is 2.03. The number of hydrogen-bond donors (Lipinski definition) is 2. The lowest BCUT2D eigenvalue weighted by Gasteiger charge is -2.23. The second-order valence-electron chi connectivity index (χ2n) is 4.44. The topological polar surface area (TPSA) is 50.4 Å². The van der Waals surface area contributed by atoms with Crippen molar-refractivity contribution in [3.05, 3.63) is 0 Å². The maximum absolute atomic E-state index is 11.4. The minimum Gasteiger partial charge on any atom is -0.377 e. The van der Waals surface area contributed by atoms with E-state index in [-0.39, 0.29) is 17.6 Å². The predicted molar refractivity (Wildman–Crippen MR) is 61.9 cm³/mol. The maximum atomic E-state index is 11.4. The maximum Gasteiger partial charge on any atom is 0.234 e. The van der Waals surface area contributed by atoms with Crippen molar-refractivity contribution in [3.8, 4) is 0 Å². The SMILES string of the molecule is CCC(C)NC(=O)CNCC(C)(C)OC. The molecule has 0 fully saturated rings. The van der Waals surface area contributed by atoms with Crippen molar-refractivity contribution in [1.29, 1.82) is 0 Å². The van der Waals surface area contributed by atoms with Crippen molar-refractivity contribution in [2.45, 2.75) is 45.8 Å².